The van der Waals surface area contributed by atoms with E-state index in [9.17, 15) is 24.6 Å². The lowest BCUT2D eigenvalue weighted by atomic mass is 9.98. The van der Waals surface area contributed by atoms with Crippen molar-refractivity contribution in [2.24, 2.45) is 5.92 Å². The number of aliphatic hydroxyl groups is 1. The fraction of sp³-hybridized carbons (Fsp3) is 0.375. The monoisotopic (exact) mass is 440 g/mol. The van der Waals surface area contributed by atoms with Crippen molar-refractivity contribution in [2.75, 3.05) is 13.2 Å². The molecule has 2 amide bonds. The third-order valence-electron chi connectivity index (χ3n) is 6.04. The summed E-state index contributed by atoms with van der Waals surface area (Å²) in [6.45, 7) is 3.79. The second-order valence-corrected chi connectivity index (χ2v) is 8.33. The fourth-order valence-corrected chi connectivity index (χ4v) is 3.72. The third kappa shape index (κ3) is 4.60. The molecule has 2 aromatic rings. The minimum atomic E-state index is -1.80. The van der Waals surface area contributed by atoms with Gasteiger partial charge in [0, 0.05) is 12.0 Å². The van der Waals surface area contributed by atoms with E-state index < -0.39 is 42.1 Å². The van der Waals surface area contributed by atoms with E-state index >= 15 is 0 Å². The summed E-state index contributed by atoms with van der Waals surface area (Å²) in [7, 11) is 0. The van der Waals surface area contributed by atoms with Crippen LogP contribution in [0.1, 0.15) is 37.8 Å². The van der Waals surface area contributed by atoms with Crippen LogP contribution < -0.4 is 10.6 Å². The lowest BCUT2D eigenvalue weighted by molar-refractivity contribution is -0.149. The highest BCUT2D eigenvalue weighted by atomic mass is 16.5. The average Bonchev–Trinajstić information content (AvgIpc) is 3.10. The maximum absolute atomic E-state index is 12.4. The van der Waals surface area contributed by atoms with E-state index in [1.165, 1.54) is 6.92 Å². The van der Waals surface area contributed by atoms with E-state index in [0.29, 0.717) is 0 Å². The van der Waals surface area contributed by atoms with Crippen LogP contribution in [0.5, 0.6) is 0 Å². The van der Waals surface area contributed by atoms with Gasteiger partial charge >= 0.3 is 12.1 Å². The fourth-order valence-electron chi connectivity index (χ4n) is 3.72. The van der Waals surface area contributed by atoms with E-state index in [-0.39, 0.29) is 12.5 Å². The highest BCUT2D eigenvalue weighted by molar-refractivity contribution is 5.88. The number of nitrogens with one attached hydrogen (secondary N) is 2. The van der Waals surface area contributed by atoms with E-state index in [0.717, 1.165) is 22.3 Å². The van der Waals surface area contributed by atoms with E-state index in [4.69, 9.17) is 4.74 Å². The molecule has 1 aliphatic carbocycles. The average molecular weight is 440 g/mol. The van der Waals surface area contributed by atoms with Gasteiger partial charge in [0.2, 0.25) is 5.91 Å². The van der Waals surface area contributed by atoms with Crippen molar-refractivity contribution in [3.8, 4) is 11.1 Å². The Labute approximate surface area is 186 Å². The van der Waals surface area contributed by atoms with Gasteiger partial charge in [0.25, 0.3) is 0 Å². The SMILES string of the molecule is CC(NC(=O)OCC1c2ccccc2-c2ccccc21)C(C)C(=O)NC(C)(CO)C(=O)O. The molecule has 2 aromatic carbocycles. The summed E-state index contributed by atoms with van der Waals surface area (Å²) in [6.07, 6.45) is -0.665. The lowest BCUT2D eigenvalue weighted by Gasteiger charge is -2.27. The van der Waals surface area contributed by atoms with Crippen LogP contribution in [0.15, 0.2) is 48.5 Å². The van der Waals surface area contributed by atoms with Crippen molar-refractivity contribution in [1.29, 1.82) is 0 Å². The standard InChI is InChI=1S/C24H28N2O6/c1-14(21(28)26-24(3,13-27)22(29)30)15(2)25-23(31)32-12-20-18-10-6-4-8-16(18)17-9-5-7-11-19(17)20/h4-11,14-15,20,27H,12-13H2,1-3H3,(H,25,31)(H,26,28)(H,29,30). The molecule has 3 atom stereocenters. The Bertz CT molecular complexity index is 978. The third-order valence-corrected chi connectivity index (χ3v) is 6.04. The molecular formula is C24H28N2O6. The number of carbonyl (C=O) groups excluding carboxylic acids is 2. The quantitative estimate of drug-likeness (QED) is 0.500. The molecule has 0 bridgehead atoms. The van der Waals surface area contributed by atoms with Crippen molar-refractivity contribution in [2.45, 2.75) is 38.3 Å². The Kier molecular flexibility index (Phi) is 6.84. The first kappa shape index (κ1) is 23.3. The Morgan fingerprint density at radius 3 is 2.06 bits per heavy atom. The number of ether oxygens (including phenoxy) is 1. The second-order valence-electron chi connectivity index (χ2n) is 8.33. The molecule has 0 aromatic heterocycles. The molecule has 0 saturated carbocycles. The summed E-state index contributed by atoms with van der Waals surface area (Å²) < 4.78 is 5.48. The number of rotatable bonds is 8. The molecule has 0 aliphatic heterocycles. The molecule has 0 radical (unpaired) electrons. The minimum absolute atomic E-state index is 0.0787. The number of hydrogen-bond donors (Lipinski definition) is 4. The number of amides is 2. The molecule has 32 heavy (non-hydrogen) atoms. The topological polar surface area (TPSA) is 125 Å². The molecule has 4 N–H and O–H groups in total. The number of fused-ring (bicyclic) bond motifs is 3. The number of carbonyl (C=O) groups is 3. The van der Waals surface area contributed by atoms with Gasteiger partial charge in [-0.3, -0.25) is 4.79 Å². The smallest absolute Gasteiger partial charge is 0.407 e. The number of aliphatic carboxylic acids is 1. The predicted octanol–water partition coefficient (Wildman–Crippen LogP) is 2.50. The van der Waals surface area contributed by atoms with Crippen LogP contribution in [-0.4, -0.2) is 53.0 Å². The zero-order valence-corrected chi connectivity index (χ0v) is 18.3. The van der Waals surface area contributed by atoms with Crippen molar-refractivity contribution in [3.05, 3.63) is 59.7 Å². The summed E-state index contributed by atoms with van der Waals surface area (Å²) in [6, 6.07) is 15.4. The van der Waals surface area contributed by atoms with Crippen LogP contribution >= 0.6 is 0 Å². The molecule has 8 heteroatoms. The van der Waals surface area contributed by atoms with Gasteiger partial charge in [0.15, 0.2) is 5.54 Å². The molecule has 0 fully saturated rings. The van der Waals surface area contributed by atoms with Crippen LogP contribution in [0.2, 0.25) is 0 Å². The number of alkyl carbamates (subject to hydrolysis) is 1. The molecule has 170 valence electrons. The first-order chi connectivity index (χ1) is 15.2. The van der Waals surface area contributed by atoms with Crippen molar-refractivity contribution >= 4 is 18.0 Å². The number of carboxylic acids is 1. The molecule has 3 unspecified atom stereocenters. The summed E-state index contributed by atoms with van der Waals surface area (Å²) in [4.78, 5) is 36.1. The number of hydrogen-bond acceptors (Lipinski definition) is 5. The zero-order valence-electron chi connectivity index (χ0n) is 18.3. The van der Waals surface area contributed by atoms with Gasteiger partial charge in [-0.05, 0) is 36.1 Å². The number of aliphatic hydroxyl groups excluding tert-OH is 1. The van der Waals surface area contributed by atoms with Crippen LogP contribution in [-0.2, 0) is 14.3 Å². The number of carboxylic acid groups (broad SMARTS) is 1. The summed E-state index contributed by atoms with van der Waals surface area (Å²) >= 11 is 0. The van der Waals surface area contributed by atoms with Gasteiger partial charge in [0.05, 0.1) is 12.5 Å². The van der Waals surface area contributed by atoms with Gasteiger partial charge in [-0.15, -0.1) is 0 Å². The van der Waals surface area contributed by atoms with Gasteiger partial charge in [0.1, 0.15) is 6.61 Å². The number of benzene rings is 2. The van der Waals surface area contributed by atoms with Gasteiger partial charge in [-0.25, -0.2) is 9.59 Å². The molecule has 3 rings (SSSR count). The van der Waals surface area contributed by atoms with Crippen LogP contribution in [0.25, 0.3) is 11.1 Å². The Morgan fingerprint density at radius 2 is 1.56 bits per heavy atom. The van der Waals surface area contributed by atoms with Crippen molar-refractivity contribution < 1.29 is 29.3 Å². The molecule has 0 spiro atoms. The summed E-state index contributed by atoms with van der Waals surface area (Å²) in [5, 5.41) is 23.4. The minimum Gasteiger partial charge on any atom is -0.479 e. The first-order valence-corrected chi connectivity index (χ1v) is 10.5. The van der Waals surface area contributed by atoms with Gasteiger partial charge in [-0.2, -0.15) is 0 Å². The summed E-state index contributed by atoms with van der Waals surface area (Å²) in [5.74, 6) is -2.78. The second kappa shape index (κ2) is 9.40. The maximum Gasteiger partial charge on any atom is 0.407 e. The Hall–Kier alpha value is -3.39. The Balaban J connectivity index is 1.59. The molecule has 8 nitrogen and oxygen atoms in total. The van der Waals surface area contributed by atoms with Gasteiger partial charge in [-0.1, -0.05) is 55.5 Å². The molecule has 0 heterocycles. The van der Waals surface area contributed by atoms with Crippen LogP contribution in [0.3, 0.4) is 0 Å². The Morgan fingerprint density at radius 1 is 1.03 bits per heavy atom. The molecule has 0 saturated heterocycles. The van der Waals surface area contributed by atoms with E-state index in [1.54, 1.807) is 13.8 Å². The van der Waals surface area contributed by atoms with E-state index in [2.05, 4.69) is 10.6 Å². The van der Waals surface area contributed by atoms with Crippen LogP contribution in [0, 0.1) is 5.92 Å². The molecular weight excluding hydrogens is 412 g/mol. The summed E-state index contributed by atoms with van der Waals surface area (Å²) in [5.41, 5.74) is 2.65. The predicted molar refractivity (Wildman–Crippen MR) is 118 cm³/mol. The van der Waals surface area contributed by atoms with Crippen LogP contribution in [0.4, 0.5) is 4.79 Å². The van der Waals surface area contributed by atoms with Gasteiger partial charge < -0.3 is 25.6 Å². The largest absolute Gasteiger partial charge is 0.479 e. The highest BCUT2D eigenvalue weighted by Crippen LogP contribution is 2.44. The van der Waals surface area contributed by atoms with Crippen molar-refractivity contribution in [3.63, 3.8) is 0 Å². The first-order valence-electron chi connectivity index (χ1n) is 10.5. The molecule has 1 aliphatic rings. The van der Waals surface area contributed by atoms with Crippen molar-refractivity contribution in [1.82, 2.24) is 10.6 Å². The normalized spacial score (nSPS) is 16.1. The van der Waals surface area contributed by atoms with E-state index in [1.807, 2.05) is 48.5 Å². The zero-order chi connectivity index (χ0) is 23.5. The lowest BCUT2D eigenvalue weighted by Crippen LogP contribution is -2.57. The highest BCUT2D eigenvalue weighted by Gasteiger charge is 2.36. The maximum atomic E-state index is 12.4.